The second-order valence-corrected chi connectivity index (χ2v) is 5.26. The zero-order valence-electron chi connectivity index (χ0n) is 8.36. The van der Waals surface area contributed by atoms with E-state index in [0.717, 1.165) is 12.8 Å². The third kappa shape index (κ3) is 3.86. The number of hydrogen-bond donors (Lipinski definition) is 2. The summed E-state index contributed by atoms with van der Waals surface area (Å²) < 4.78 is 10.9. The fourth-order valence-electron chi connectivity index (χ4n) is 1.80. The Morgan fingerprint density at radius 1 is 1.64 bits per heavy atom. The van der Waals surface area contributed by atoms with Crippen LogP contribution < -0.4 is 5.32 Å². The van der Waals surface area contributed by atoms with Gasteiger partial charge in [-0.1, -0.05) is 24.0 Å². The standard InChI is InChI=1S/C9H17NO3S/c1-14(13)6-8(9(11)12)10-7-4-2-3-5-7/h7-8,10H,2-6H2,1H3,(H,11,12)/t8-,14?/m0/s1. The van der Waals surface area contributed by atoms with Crippen LogP contribution in [-0.4, -0.2) is 39.7 Å². The molecule has 1 saturated carbocycles. The molecule has 1 aliphatic carbocycles. The molecule has 4 nitrogen and oxygen atoms in total. The van der Waals surface area contributed by atoms with E-state index in [1.807, 2.05) is 0 Å². The van der Waals surface area contributed by atoms with Crippen molar-refractivity contribution in [2.45, 2.75) is 37.8 Å². The highest BCUT2D eigenvalue weighted by Gasteiger charge is 2.26. The van der Waals surface area contributed by atoms with Crippen molar-refractivity contribution in [1.29, 1.82) is 0 Å². The van der Waals surface area contributed by atoms with Gasteiger partial charge in [-0.25, -0.2) is 0 Å². The molecule has 2 N–H and O–H groups in total. The number of carboxylic acid groups (broad SMARTS) is 1. The molecule has 5 heteroatoms. The summed E-state index contributed by atoms with van der Waals surface area (Å²) in [5, 5.41) is 11.9. The summed E-state index contributed by atoms with van der Waals surface area (Å²) in [5.41, 5.74) is 0. The number of carbonyl (C=O) groups is 1. The highest BCUT2D eigenvalue weighted by Crippen LogP contribution is 2.18. The van der Waals surface area contributed by atoms with Crippen molar-refractivity contribution in [2.75, 3.05) is 12.0 Å². The Hall–Kier alpha value is -0.260. The Morgan fingerprint density at radius 2 is 2.21 bits per heavy atom. The normalized spacial score (nSPS) is 22.1. The highest BCUT2D eigenvalue weighted by atomic mass is 32.2. The van der Waals surface area contributed by atoms with Crippen molar-refractivity contribution in [3.05, 3.63) is 0 Å². The minimum atomic E-state index is -1.06. The summed E-state index contributed by atoms with van der Waals surface area (Å²) in [6.45, 7) is 0. The lowest BCUT2D eigenvalue weighted by atomic mass is 10.2. The predicted molar refractivity (Wildman–Crippen MR) is 55.7 cm³/mol. The van der Waals surface area contributed by atoms with Crippen LogP contribution in [0.1, 0.15) is 25.7 Å². The summed E-state index contributed by atoms with van der Waals surface area (Å²) in [6.07, 6.45) is 5.95. The first-order chi connectivity index (χ1) is 6.59. The largest absolute Gasteiger partial charge is 0.616 e. The zero-order valence-corrected chi connectivity index (χ0v) is 9.18. The number of aliphatic carboxylic acids is 1. The molecule has 0 aliphatic heterocycles. The summed E-state index contributed by atoms with van der Waals surface area (Å²) >= 11 is -1.06. The summed E-state index contributed by atoms with van der Waals surface area (Å²) in [7, 11) is 0. The van der Waals surface area contributed by atoms with E-state index in [2.05, 4.69) is 5.32 Å². The van der Waals surface area contributed by atoms with Gasteiger partial charge in [-0.05, 0) is 12.8 Å². The van der Waals surface area contributed by atoms with E-state index in [-0.39, 0.29) is 5.75 Å². The van der Waals surface area contributed by atoms with Crippen molar-refractivity contribution in [1.82, 2.24) is 5.32 Å². The Kier molecular flexibility index (Phi) is 4.71. The topological polar surface area (TPSA) is 72.4 Å². The first-order valence-electron chi connectivity index (χ1n) is 4.88. The molecule has 0 heterocycles. The van der Waals surface area contributed by atoms with Crippen LogP contribution in [0.2, 0.25) is 0 Å². The van der Waals surface area contributed by atoms with E-state index >= 15 is 0 Å². The van der Waals surface area contributed by atoms with Crippen LogP contribution in [0.15, 0.2) is 0 Å². The molecule has 1 unspecified atom stereocenters. The van der Waals surface area contributed by atoms with E-state index in [1.54, 1.807) is 0 Å². The van der Waals surface area contributed by atoms with Crippen molar-refractivity contribution >= 4 is 17.1 Å². The molecule has 0 bridgehead atoms. The molecule has 0 spiro atoms. The molecular formula is C9H17NO3S. The number of rotatable bonds is 5. The van der Waals surface area contributed by atoms with Gasteiger partial charge in [0, 0.05) is 6.04 Å². The maximum Gasteiger partial charge on any atom is 0.325 e. The Labute approximate surface area is 87.3 Å². The van der Waals surface area contributed by atoms with E-state index in [9.17, 15) is 9.35 Å². The molecule has 14 heavy (non-hydrogen) atoms. The average molecular weight is 219 g/mol. The fraction of sp³-hybridized carbons (Fsp3) is 0.889. The van der Waals surface area contributed by atoms with Crippen LogP contribution in [-0.2, 0) is 16.0 Å². The minimum Gasteiger partial charge on any atom is -0.616 e. The summed E-state index contributed by atoms with van der Waals surface area (Å²) in [6, 6.07) is -0.344. The molecule has 82 valence electrons. The molecule has 1 aliphatic rings. The second-order valence-electron chi connectivity index (χ2n) is 3.78. The third-order valence-electron chi connectivity index (χ3n) is 2.49. The van der Waals surface area contributed by atoms with Gasteiger partial charge in [-0.2, -0.15) is 0 Å². The molecule has 0 aromatic heterocycles. The molecule has 0 aromatic rings. The van der Waals surface area contributed by atoms with Crippen LogP contribution in [0, 0.1) is 0 Å². The van der Waals surface area contributed by atoms with Gasteiger partial charge in [0.15, 0.2) is 6.04 Å². The second kappa shape index (κ2) is 5.58. The van der Waals surface area contributed by atoms with E-state index in [1.165, 1.54) is 19.1 Å². The summed E-state index contributed by atoms with van der Waals surface area (Å²) in [5.74, 6) is -0.696. The minimum absolute atomic E-state index is 0.200. The summed E-state index contributed by atoms with van der Waals surface area (Å²) in [4.78, 5) is 10.8. The Bertz CT molecular complexity index is 192. The van der Waals surface area contributed by atoms with Gasteiger partial charge in [0.05, 0.1) is 6.26 Å². The first kappa shape index (κ1) is 11.8. The maximum atomic E-state index is 10.9. The highest BCUT2D eigenvalue weighted by molar-refractivity contribution is 7.90. The smallest absolute Gasteiger partial charge is 0.325 e. The van der Waals surface area contributed by atoms with Gasteiger partial charge in [0.2, 0.25) is 0 Å². The van der Waals surface area contributed by atoms with Crippen LogP contribution >= 0.6 is 0 Å². The number of nitrogens with one attached hydrogen (secondary N) is 1. The molecule has 0 saturated heterocycles. The zero-order chi connectivity index (χ0) is 10.6. The lowest BCUT2D eigenvalue weighted by Crippen LogP contribution is -2.46. The Morgan fingerprint density at radius 3 is 2.64 bits per heavy atom. The quantitative estimate of drug-likeness (QED) is 0.654. The van der Waals surface area contributed by atoms with Crippen LogP contribution in [0.3, 0.4) is 0 Å². The number of hydrogen-bond acceptors (Lipinski definition) is 3. The molecule has 0 amide bonds. The van der Waals surface area contributed by atoms with Gasteiger partial charge in [-0.3, -0.25) is 10.1 Å². The molecule has 0 radical (unpaired) electrons. The predicted octanol–water partition coefficient (Wildman–Crippen LogP) is 0.350. The van der Waals surface area contributed by atoms with Gasteiger partial charge >= 0.3 is 5.97 Å². The molecule has 1 fully saturated rings. The first-order valence-corrected chi connectivity index (χ1v) is 6.61. The average Bonchev–Trinajstić information content (AvgIpc) is 2.54. The molecule has 2 atom stereocenters. The molecule has 0 aromatic carbocycles. The Balaban J connectivity index is 2.37. The van der Waals surface area contributed by atoms with E-state index in [4.69, 9.17) is 5.11 Å². The van der Waals surface area contributed by atoms with Crippen molar-refractivity contribution < 1.29 is 14.5 Å². The van der Waals surface area contributed by atoms with Crippen molar-refractivity contribution in [3.8, 4) is 0 Å². The maximum absolute atomic E-state index is 10.9. The third-order valence-corrected chi connectivity index (χ3v) is 3.29. The van der Waals surface area contributed by atoms with Crippen LogP contribution in [0.25, 0.3) is 0 Å². The SMILES string of the molecule is C[S+]([O-])C[C@H](NC1CCCC1)C(=O)O. The van der Waals surface area contributed by atoms with Gasteiger partial charge in [0.1, 0.15) is 5.75 Å². The van der Waals surface area contributed by atoms with Gasteiger partial charge in [-0.15, -0.1) is 0 Å². The fourth-order valence-corrected chi connectivity index (χ4v) is 2.51. The van der Waals surface area contributed by atoms with Crippen LogP contribution in [0.4, 0.5) is 0 Å². The monoisotopic (exact) mass is 219 g/mol. The lowest BCUT2D eigenvalue weighted by Gasteiger charge is -2.19. The van der Waals surface area contributed by atoms with Crippen LogP contribution in [0.5, 0.6) is 0 Å². The van der Waals surface area contributed by atoms with Crippen molar-refractivity contribution in [3.63, 3.8) is 0 Å². The molecular weight excluding hydrogens is 202 g/mol. The lowest BCUT2D eigenvalue weighted by molar-refractivity contribution is -0.139. The van der Waals surface area contributed by atoms with Crippen molar-refractivity contribution in [2.24, 2.45) is 0 Å². The molecule has 1 rings (SSSR count). The van der Waals surface area contributed by atoms with E-state index < -0.39 is 23.2 Å². The number of carboxylic acids is 1. The van der Waals surface area contributed by atoms with Gasteiger partial charge in [0.25, 0.3) is 0 Å². The van der Waals surface area contributed by atoms with E-state index in [0.29, 0.717) is 6.04 Å². The van der Waals surface area contributed by atoms with Gasteiger partial charge < -0.3 is 9.66 Å².